The van der Waals surface area contributed by atoms with E-state index in [1.54, 1.807) is 7.11 Å². The van der Waals surface area contributed by atoms with Crippen LogP contribution in [0.1, 0.15) is 24.7 Å². The van der Waals surface area contributed by atoms with E-state index in [2.05, 4.69) is 137 Å². The minimum absolute atomic E-state index is 0.265. The molecule has 0 spiro atoms. The maximum Gasteiger partial charge on any atom is 0.478 e. The maximum absolute atomic E-state index is 10.5. The third kappa shape index (κ3) is 9.93. The first-order valence-electron chi connectivity index (χ1n) is 18.9. The van der Waals surface area contributed by atoms with E-state index < -0.39 is 18.9 Å². The van der Waals surface area contributed by atoms with E-state index in [1.807, 2.05) is 20.2 Å². The molecule has 2 aromatic carbocycles. The first-order valence-corrected chi connectivity index (χ1v) is 18.9. The van der Waals surface area contributed by atoms with Crippen LogP contribution in [-0.4, -0.2) is 114 Å². The van der Waals surface area contributed by atoms with Gasteiger partial charge in [-0.05, 0) is 32.5 Å². The molecule has 0 aliphatic heterocycles. The molecule has 0 fully saturated rings. The maximum atomic E-state index is 10.5. The van der Waals surface area contributed by atoms with Crippen LogP contribution in [0.3, 0.4) is 0 Å². The molecule has 0 aliphatic rings. The molecule has 4 unspecified atom stereocenters. The third-order valence-corrected chi connectivity index (χ3v) is 10.8. The molecule has 3 N–H and O–H groups in total. The Morgan fingerprint density at radius 1 is 0.600 bits per heavy atom. The van der Waals surface area contributed by atoms with Crippen LogP contribution in [0.25, 0.3) is 33.9 Å². The van der Waals surface area contributed by atoms with Gasteiger partial charge in [0.15, 0.2) is 7.05 Å². The molecule has 55 heavy (non-hydrogen) atoms. The Morgan fingerprint density at radius 3 is 1.44 bits per heavy atom. The summed E-state index contributed by atoms with van der Waals surface area (Å²) < 4.78 is 27.4. The average molecular weight is 761 g/mol. The highest BCUT2D eigenvalue weighted by atomic mass is 16.6. The number of benzene rings is 2. The minimum Gasteiger partial charge on any atom is -0.364 e. The number of ether oxygens (including phenoxy) is 3. The van der Waals surface area contributed by atoms with E-state index in [1.165, 1.54) is 19.8 Å². The lowest BCUT2D eigenvalue weighted by Crippen LogP contribution is -2.59. The first-order chi connectivity index (χ1) is 26.2. The van der Waals surface area contributed by atoms with Crippen molar-refractivity contribution in [2.45, 2.75) is 45.3 Å². The average Bonchev–Trinajstić information content (AvgIpc) is 3.71. The highest BCUT2D eigenvalue weighted by Crippen LogP contribution is 2.26. The van der Waals surface area contributed by atoms with Crippen molar-refractivity contribution in [2.75, 3.05) is 61.6 Å². The predicted octanol–water partition coefficient (Wildman–Crippen LogP) is 2.27. The Balaban J connectivity index is 1.61. The normalized spacial score (nSPS) is 15.7. The summed E-state index contributed by atoms with van der Waals surface area (Å²) in [5.74, 6) is 1.89. The van der Waals surface area contributed by atoms with Gasteiger partial charge in [-0.2, -0.15) is 0 Å². The molecule has 13 heteroatoms. The number of hydrogen-bond donors (Lipinski definition) is 3. The van der Waals surface area contributed by atoms with E-state index >= 15 is 0 Å². The van der Waals surface area contributed by atoms with Gasteiger partial charge >= 0.3 is 11.6 Å². The summed E-state index contributed by atoms with van der Waals surface area (Å²) >= 11 is 0. The summed E-state index contributed by atoms with van der Waals surface area (Å²) in [6.07, 6.45) is 2.30. The lowest BCUT2D eigenvalue weighted by molar-refractivity contribution is -0.934. The quantitative estimate of drug-likeness (QED) is 0.0678. The second-order valence-electron chi connectivity index (χ2n) is 15.2. The summed E-state index contributed by atoms with van der Waals surface area (Å²) in [6, 6.07) is 27.7. The topological polar surface area (TPSA) is 110 Å². The number of methoxy groups -OCH3 is 3. The van der Waals surface area contributed by atoms with Crippen molar-refractivity contribution in [3.63, 3.8) is 0 Å². The Bertz CT molecular complexity index is 1990. The zero-order chi connectivity index (χ0) is 39.9. The van der Waals surface area contributed by atoms with Gasteiger partial charge in [-0.15, -0.1) is 9.36 Å². The molecule has 13 nitrogen and oxygen atoms in total. The number of likely N-dealkylation sites (N-methyl/N-ethyl adjacent to an activating group) is 2. The lowest BCUT2D eigenvalue weighted by Gasteiger charge is -2.36. The highest BCUT2D eigenvalue weighted by Gasteiger charge is 2.38. The first kappa shape index (κ1) is 41.8. The molecule has 3 aromatic heterocycles. The zero-order valence-corrected chi connectivity index (χ0v) is 34.0. The second-order valence-corrected chi connectivity index (χ2v) is 15.2. The van der Waals surface area contributed by atoms with Crippen LogP contribution >= 0.6 is 0 Å². The monoisotopic (exact) mass is 760 g/mol. The van der Waals surface area contributed by atoms with Crippen LogP contribution in [0.4, 0.5) is 0 Å². The molecular weight excluding hydrogens is 699 g/mol. The fourth-order valence-electron chi connectivity index (χ4n) is 7.61. The molecule has 296 valence electrons. The van der Waals surface area contributed by atoms with Crippen molar-refractivity contribution in [1.29, 1.82) is 0 Å². The van der Waals surface area contributed by atoms with Gasteiger partial charge < -0.3 is 38.5 Å². The highest BCUT2D eigenvalue weighted by molar-refractivity contribution is 5.71. The molecule has 0 saturated heterocycles. The molecule has 5 aromatic rings. The molecular formula is C42H62N7O6+5. The molecule has 0 radical (unpaired) electrons. The van der Waals surface area contributed by atoms with Crippen molar-refractivity contribution >= 4 is 0 Å². The van der Waals surface area contributed by atoms with Crippen LogP contribution in [0.15, 0.2) is 91.3 Å². The lowest BCUT2D eigenvalue weighted by atomic mass is 10.0. The Hall–Kier alpha value is -4.31. The third-order valence-electron chi connectivity index (χ3n) is 10.8. The largest absolute Gasteiger partial charge is 0.478 e. The summed E-state index contributed by atoms with van der Waals surface area (Å²) in [6.45, 7) is 5.31. The fourth-order valence-corrected chi connectivity index (χ4v) is 7.61. The van der Waals surface area contributed by atoms with Gasteiger partial charge in [-0.1, -0.05) is 66.1 Å². The molecule has 0 bridgehead atoms. The summed E-state index contributed by atoms with van der Waals surface area (Å²) in [7, 11) is 14.8. The van der Waals surface area contributed by atoms with Gasteiger partial charge in [0.2, 0.25) is 31.3 Å². The van der Waals surface area contributed by atoms with E-state index in [-0.39, 0.29) is 17.6 Å². The second kappa shape index (κ2) is 18.1. The van der Waals surface area contributed by atoms with Gasteiger partial charge in [-0.25, -0.2) is 0 Å². The van der Waals surface area contributed by atoms with Gasteiger partial charge in [0, 0.05) is 39.0 Å². The van der Waals surface area contributed by atoms with Crippen LogP contribution < -0.4 is 13.9 Å². The summed E-state index contributed by atoms with van der Waals surface area (Å²) in [5, 5.41) is 31.4. The fraction of sp³-hybridized carbons (Fsp3) is 0.452. The van der Waals surface area contributed by atoms with E-state index in [9.17, 15) is 15.3 Å². The SMILES string of the molecule is CCC[N+](C)(Cc1cc[n+](-c2cc(-c3ccc(-c4ccccc4)cc3)cc(-[n+]3ccc(C[N+](C)(CC(O)OC)CC(O)OC)n3C)[n+]2C)n1C)CC(O)OC. The minimum atomic E-state index is -0.998. The van der Waals surface area contributed by atoms with E-state index in [0.717, 1.165) is 59.2 Å². The number of aliphatic hydroxyl groups excluding tert-OH is 3. The van der Waals surface area contributed by atoms with E-state index in [0.29, 0.717) is 17.6 Å². The molecule has 3 heterocycles. The summed E-state index contributed by atoms with van der Waals surface area (Å²) in [4.78, 5) is 0. The van der Waals surface area contributed by atoms with Crippen molar-refractivity contribution in [3.8, 4) is 33.9 Å². The smallest absolute Gasteiger partial charge is 0.364 e. The van der Waals surface area contributed by atoms with Crippen molar-refractivity contribution in [2.24, 2.45) is 21.1 Å². The van der Waals surface area contributed by atoms with Crippen LogP contribution in [0, 0.1) is 0 Å². The predicted molar refractivity (Wildman–Crippen MR) is 208 cm³/mol. The van der Waals surface area contributed by atoms with Crippen molar-refractivity contribution in [3.05, 3.63) is 103 Å². The van der Waals surface area contributed by atoms with E-state index in [4.69, 9.17) is 14.2 Å². The number of pyridine rings is 1. The number of nitrogens with zero attached hydrogens (tertiary/aromatic N) is 7. The Kier molecular flexibility index (Phi) is 13.8. The van der Waals surface area contributed by atoms with Gasteiger partial charge in [0.05, 0.1) is 46.9 Å². The van der Waals surface area contributed by atoms with Gasteiger partial charge in [-0.3, -0.25) is 0 Å². The number of aliphatic hydroxyl groups is 3. The van der Waals surface area contributed by atoms with Gasteiger partial charge in [0.25, 0.3) is 0 Å². The molecule has 0 amide bonds. The Labute approximate surface area is 325 Å². The standard InChI is InChI=1S/C42H62N7O6/c1-10-24-48(5,29-40(50)53-7)27-36-20-22-46(44(36)3)38-25-35(34-18-16-33(17-19-34)32-14-12-11-13-15-32)26-39(43(38)2)47-23-21-37(45(47)4)28-49(6,30-41(51)54-8)31-42(52)55-9/h11-23,25-26,40-42,50-52H,10,24,27-31H2,1-9H3/q+5. The van der Waals surface area contributed by atoms with Crippen LogP contribution in [0.5, 0.6) is 0 Å². The van der Waals surface area contributed by atoms with Crippen LogP contribution in [0.2, 0.25) is 0 Å². The molecule has 0 saturated carbocycles. The van der Waals surface area contributed by atoms with Crippen molar-refractivity contribution in [1.82, 2.24) is 9.36 Å². The number of aromatic nitrogens is 5. The molecule has 5 rings (SSSR count). The number of rotatable bonds is 19. The molecule has 4 atom stereocenters. The summed E-state index contributed by atoms with van der Waals surface area (Å²) in [5.41, 5.74) is 6.57. The van der Waals surface area contributed by atoms with Gasteiger partial charge in [0.1, 0.15) is 44.1 Å². The Morgan fingerprint density at radius 2 is 1.00 bits per heavy atom. The molecule has 0 aliphatic carbocycles. The van der Waals surface area contributed by atoms with Crippen LogP contribution in [-0.2, 0) is 48.4 Å². The number of hydrogen-bond acceptors (Lipinski definition) is 6. The van der Waals surface area contributed by atoms with Crippen molar-refractivity contribution < 1.29 is 52.4 Å². The zero-order valence-electron chi connectivity index (χ0n) is 34.0. The number of quaternary nitrogens is 2.